The molecule has 0 radical (unpaired) electrons. The van der Waals surface area contributed by atoms with E-state index in [1.165, 1.54) is 22.3 Å². The predicted molar refractivity (Wildman–Crippen MR) is 242 cm³/mol. The van der Waals surface area contributed by atoms with Crippen LogP contribution in [-0.4, -0.2) is 16.1 Å². The van der Waals surface area contributed by atoms with Gasteiger partial charge in [-0.05, 0) is 76.5 Å². The lowest BCUT2D eigenvalue weighted by Crippen LogP contribution is -2.67. The highest BCUT2D eigenvalue weighted by atomic mass is 28.3. The van der Waals surface area contributed by atoms with Gasteiger partial charge in [0.2, 0.25) is 0 Å². The lowest BCUT2D eigenvalue weighted by Gasteiger charge is -2.60. The van der Waals surface area contributed by atoms with Crippen molar-refractivity contribution in [2.45, 2.75) is 173 Å². The molecule has 0 nitrogen and oxygen atoms in total. The Morgan fingerprint density at radius 3 is 0.868 bits per heavy atom. The summed E-state index contributed by atoms with van der Waals surface area (Å²) < 4.78 is 0. The van der Waals surface area contributed by atoms with Crippen molar-refractivity contribution >= 4 is 26.5 Å². The maximum atomic E-state index is 2.77. The van der Waals surface area contributed by atoms with Crippen LogP contribution in [0.5, 0.6) is 0 Å². The SMILES string of the molecule is CC(C)(C)[Si](c1ccc2c(c1)C(Cc1ccccc1)(Cc1ccccc1)c1cc([Si](C(C)(C)C)(C(C)(C)C)C(C)(C)C)ccc1-2)(C(C)(C)C)C(C)(C)C. The summed E-state index contributed by atoms with van der Waals surface area (Å²) in [5.74, 6) is 0. The molecule has 286 valence electrons. The molecule has 0 unspecified atom stereocenters. The quantitative estimate of drug-likeness (QED) is 0.173. The third-order valence-electron chi connectivity index (χ3n) is 13.7. The molecule has 1 aliphatic rings. The lowest BCUT2D eigenvalue weighted by molar-refractivity contribution is 0.518. The van der Waals surface area contributed by atoms with E-state index in [1.54, 1.807) is 21.5 Å². The van der Waals surface area contributed by atoms with Gasteiger partial charge in [-0.1, -0.05) is 232 Å². The predicted octanol–water partition coefficient (Wildman–Crippen LogP) is 14.6. The van der Waals surface area contributed by atoms with Gasteiger partial charge in [-0.25, -0.2) is 0 Å². The highest BCUT2D eigenvalue weighted by Crippen LogP contribution is 2.64. The molecular formula is C51H74Si2. The average Bonchev–Trinajstić information content (AvgIpc) is 3.22. The topological polar surface area (TPSA) is 0 Å². The van der Waals surface area contributed by atoms with Gasteiger partial charge in [-0.15, -0.1) is 0 Å². The summed E-state index contributed by atoms with van der Waals surface area (Å²) in [4.78, 5) is 0. The van der Waals surface area contributed by atoms with E-state index in [9.17, 15) is 0 Å². The second-order valence-corrected chi connectivity index (χ2v) is 36.1. The fraction of sp³-hybridized carbons (Fsp3) is 0.529. The highest BCUT2D eigenvalue weighted by Gasteiger charge is 2.62. The molecule has 0 heterocycles. The second-order valence-electron chi connectivity index (χ2n) is 22.9. The molecule has 0 aromatic heterocycles. The second kappa shape index (κ2) is 13.2. The van der Waals surface area contributed by atoms with Crippen molar-refractivity contribution in [3.63, 3.8) is 0 Å². The van der Waals surface area contributed by atoms with Gasteiger partial charge < -0.3 is 0 Å². The standard InChI is InChI=1S/C51H74Si2/c1-45(2,3)52(46(4,5)6,47(7,8)9)39-29-31-41-42-32-30-40(53(48(10,11)12,49(13,14)15)50(16,17)18)34-44(42)51(43(41)33-39,35-37-25-21-19-22-26-37)36-38-27-23-20-24-28-38/h19-34H,35-36H2,1-18H3. The van der Waals surface area contributed by atoms with Crippen LogP contribution in [0.3, 0.4) is 0 Å². The summed E-state index contributed by atoms with van der Waals surface area (Å²) in [7, 11) is -4.56. The van der Waals surface area contributed by atoms with Gasteiger partial charge in [-0.2, -0.15) is 0 Å². The number of rotatable bonds is 6. The van der Waals surface area contributed by atoms with Gasteiger partial charge in [0, 0.05) is 5.41 Å². The van der Waals surface area contributed by atoms with E-state index in [0.29, 0.717) is 0 Å². The van der Waals surface area contributed by atoms with Crippen LogP contribution in [0.15, 0.2) is 97.1 Å². The van der Waals surface area contributed by atoms with Gasteiger partial charge >= 0.3 is 0 Å². The fourth-order valence-corrected chi connectivity index (χ4v) is 34.7. The number of hydrogen-bond acceptors (Lipinski definition) is 0. The van der Waals surface area contributed by atoms with Crippen LogP contribution in [0.25, 0.3) is 11.1 Å². The zero-order valence-electron chi connectivity index (χ0n) is 37.2. The Labute approximate surface area is 328 Å². The molecule has 0 amide bonds. The first-order valence-corrected chi connectivity index (χ1v) is 24.5. The molecule has 0 atom stereocenters. The molecule has 4 aromatic rings. The average molecular weight is 743 g/mol. The summed E-state index contributed by atoms with van der Waals surface area (Å²) in [6.07, 6.45) is 1.94. The molecule has 0 bridgehead atoms. The van der Waals surface area contributed by atoms with Crippen LogP contribution in [0, 0.1) is 0 Å². The maximum absolute atomic E-state index is 2.77. The molecule has 2 heteroatoms. The van der Waals surface area contributed by atoms with Gasteiger partial charge in [0.05, 0.1) is 0 Å². The van der Waals surface area contributed by atoms with E-state index in [4.69, 9.17) is 0 Å². The molecular weight excluding hydrogens is 669 g/mol. The van der Waals surface area contributed by atoms with Crippen molar-refractivity contribution in [3.8, 4) is 11.1 Å². The molecule has 0 saturated heterocycles. The van der Waals surface area contributed by atoms with Crippen LogP contribution >= 0.6 is 0 Å². The third-order valence-corrected chi connectivity index (χ3v) is 29.5. The molecule has 1 aliphatic carbocycles. The Bertz CT molecular complexity index is 1690. The highest BCUT2D eigenvalue weighted by molar-refractivity contribution is 6.99. The van der Waals surface area contributed by atoms with Crippen molar-refractivity contribution in [3.05, 3.63) is 119 Å². The fourth-order valence-electron chi connectivity index (χ4n) is 14.6. The molecule has 4 aromatic carbocycles. The molecule has 0 spiro atoms. The molecule has 53 heavy (non-hydrogen) atoms. The number of fused-ring (bicyclic) bond motifs is 3. The first-order chi connectivity index (χ1) is 24.1. The maximum Gasteiger partial charge on any atom is 0.103 e. The Hall–Kier alpha value is -2.69. The van der Waals surface area contributed by atoms with Gasteiger partial charge in [0.1, 0.15) is 16.1 Å². The Balaban J connectivity index is 1.99. The molecule has 0 fully saturated rings. The Morgan fingerprint density at radius 2 is 0.623 bits per heavy atom. The molecule has 5 rings (SSSR count). The number of hydrogen-bond donors (Lipinski definition) is 0. The minimum atomic E-state index is -2.28. The largest absolute Gasteiger partial charge is 0.103 e. The van der Waals surface area contributed by atoms with Gasteiger partial charge in [0.15, 0.2) is 0 Å². The van der Waals surface area contributed by atoms with Crippen molar-refractivity contribution in [1.82, 2.24) is 0 Å². The Morgan fingerprint density at radius 1 is 0.358 bits per heavy atom. The summed E-state index contributed by atoms with van der Waals surface area (Å²) in [6, 6.07) is 38.6. The summed E-state index contributed by atoms with van der Waals surface area (Å²) in [5.41, 5.74) is 8.57. The normalized spacial score (nSPS) is 15.7. The first kappa shape index (κ1) is 41.5. The van der Waals surface area contributed by atoms with E-state index >= 15 is 0 Å². The van der Waals surface area contributed by atoms with Gasteiger partial charge in [-0.3, -0.25) is 0 Å². The zero-order chi connectivity index (χ0) is 39.8. The van der Waals surface area contributed by atoms with Crippen molar-refractivity contribution in [2.75, 3.05) is 0 Å². The zero-order valence-corrected chi connectivity index (χ0v) is 39.2. The first-order valence-electron chi connectivity index (χ1n) is 20.5. The Kier molecular flexibility index (Phi) is 10.3. The minimum absolute atomic E-state index is 0.148. The van der Waals surface area contributed by atoms with Crippen molar-refractivity contribution in [1.29, 1.82) is 0 Å². The molecule has 0 N–H and O–H groups in total. The van der Waals surface area contributed by atoms with E-state index in [1.807, 2.05) is 0 Å². The summed E-state index contributed by atoms with van der Waals surface area (Å²) in [5, 5.41) is 4.12. The smallest absolute Gasteiger partial charge is 0.0623 e. The van der Waals surface area contributed by atoms with Crippen LogP contribution < -0.4 is 10.4 Å². The third kappa shape index (κ3) is 6.40. The summed E-state index contributed by atoms with van der Waals surface area (Å²) in [6.45, 7) is 45.8. The minimum Gasteiger partial charge on any atom is -0.0623 e. The van der Waals surface area contributed by atoms with Crippen LogP contribution in [-0.2, 0) is 18.3 Å². The van der Waals surface area contributed by atoms with E-state index < -0.39 is 16.1 Å². The molecule has 0 aliphatic heterocycles. The van der Waals surface area contributed by atoms with Crippen LogP contribution in [0.2, 0.25) is 30.2 Å². The number of benzene rings is 4. The van der Waals surface area contributed by atoms with E-state index in [0.717, 1.165) is 12.8 Å². The van der Waals surface area contributed by atoms with Crippen LogP contribution in [0.4, 0.5) is 0 Å². The summed E-state index contributed by atoms with van der Waals surface area (Å²) >= 11 is 0. The van der Waals surface area contributed by atoms with Gasteiger partial charge in [0.25, 0.3) is 0 Å². The van der Waals surface area contributed by atoms with Crippen molar-refractivity contribution < 1.29 is 0 Å². The van der Waals surface area contributed by atoms with Crippen molar-refractivity contribution in [2.24, 2.45) is 0 Å². The monoisotopic (exact) mass is 743 g/mol. The van der Waals surface area contributed by atoms with E-state index in [2.05, 4.69) is 222 Å². The van der Waals surface area contributed by atoms with Crippen LogP contribution in [0.1, 0.15) is 147 Å². The molecule has 0 saturated carbocycles. The lowest BCUT2D eigenvalue weighted by atomic mass is 9.69. The van der Waals surface area contributed by atoms with E-state index in [-0.39, 0.29) is 35.6 Å².